The highest BCUT2D eigenvalue weighted by atomic mass is 16.5. The van der Waals surface area contributed by atoms with Crippen LogP contribution >= 0.6 is 0 Å². The van der Waals surface area contributed by atoms with Crippen molar-refractivity contribution in [1.82, 2.24) is 4.90 Å². The first-order chi connectivity index (χ1) is 9.76. The molecular weight excluding hydrogens is 252 g/mol. The molecule has 0 amide bonds. The molecule has 0 atom stereocenters. The lowest BCUT2D eigenvalue weighted by molar-refractivity contribution is 0.172. The van der Waals surface area contributed by atoms with Crippen molar-refractivity contribution in [1.29, 1.82) is 0 Å². The van der Waals surface area contributed by atoms with Gasteiger partial charge in [0.15, 0.2) is 0 Å². The summed E-state index contributed by atoms with van der Waals surface area (Å²) < 4.78 is 10.8. The van der Waals surface area contributed by atoms with Gasteiger partial charge in [-0.3, -0.25) is 0 Å². The number of likely N-dealkylation sites (N-methyl/N-ethyl adjacent to an activating group) is 1. The van der Waals surface area contributed by atoms with Crippen molar-refractivity contribution in [2.24, 2.45) is 5.73 Å². The summed E-state index contributed by atoms with van der Waals surface area (Å²) in [6.07, 6.45) is 1.04. The average Bonchev–Trinajstić information content (AvgIpc) is 2.46. The molecule has 4 heteroatoms. The highest BCUT2D eigenvalue weighted by molar-refractivity contribution is 5.39. The molecule has 0 unspecified atom stereocenters. The number of hydrogen-bond donors (Lipinski definition) is 1. The van der Waals surface area contributed by atoms with Gasteiger partial charge in [0.2, 0.25) is 0 Å². The van der Waals surface area contributed by atoms with Crippen molar-refractivity contribution in [3.8, 4) is 17.6 Å². The second-order valence-corrected chi connectivity index (χ2v) is 4.53. The first-order valence-corrected chi connectivity index (χ1v) is 6.85. The summed E-state index contributed by atoms with van der Waals surface area (Å²) in [6, 6.07) is 7.77. The molecule has 1 rings (SSSR count). The average molecular weight is 276 g/mol. The topological polar surface area (TPSA) is 47.7 Å². The van der Waals surface area contributed by atoms with Crippen molar-refractivity contribution < 1.29 is 9.47 Å². The van der Waals surface area contributed by atoms with Crippen LogP contribution in [0.4, 0.5) is 0 Å². The maximum Gasteiger partial charge on any atom is 0.120 e. The predicted molar refractivity (Wildman–Crippen MR) is 81.9 cm³/mol. The summed E-state index contributed by atoms with van der Waals surface area (Å²) in [5.41, 5.74) is 6.29. The van der Waals surface area contributed by atoms with Gasteiger partial charge in [-0.15, -0.1) is 0 Å². The lowest BCUT2D eigenvalue weighted by atomic mass is 10.2. The van der Waals surface area contributed by atoms with Crippen molar-refractivity contribution in [2.75, 3.05) is 47.0 Å². The van der Waals surface area contributed by atoms with Crippen LogP contribution in [0.3, 0.4) is 0 Å². The van der Waals surface area contributed by atoms with E-state index in [0.29, 0.717) is 13.2 Å². The third kappa shape index (κ3) is 7.15. The molecule has 0 bridgehead atoms. The molecule has 0 radical (unpaired) electrons. The van der Waals surface area contributed by atoms with Gasteiger partial charge < -0.3 is 20.1 Å². The number of benzene rings is 1. The smallest absolute Gasteiger partial charge is 0.120 e. The van der Waals surface area contributed by atoms with Gasteiger partial charge >= 0.3 is 0 Å². The van der Waals surface area contributed by atoms with Crippen molar-refractivity contribution in [3.63, 3.8) is 0 Å². The lowest BCUT2D eigenvalue weighted by Gasteiger charge is -2.16. The van der Waals surface area contributed by atoms with Gasteiger partial charge in [0.1, 0.15) is 12.4 Å². The van der Waals surface area contributed by atoms with Crippen LogP contribution in [0.15, 0.2) is 24.3 Å². The van der Waals surface area contributed by atoms with Gasteiger partial charge in [-0.1, -0.05) is 17.9 Å². The Balaban J connectivity index is 2.31. The van der Waals surface area contributed by atoms with Gasteiger partial charge in [-0.25, -0.2) is 0 Å². The van der Waals surface area contributed by atoms with Crippen molar-refractivity contribution >= 4 is 0 Å². The minimum Gasteiger partial charge on any atom is -0.492 e. The number of nitrogens with zero attached hydrogens (tertiary/aromatic N) is 1. The molecule has 0 saturated carbocycles. The van der Waals surface area contributed by atoms with E-state index in [1.54, 1.807) is 7.11 Å². The van der Waals surface area contributed by atoms with Crippen LogP contribution < -0.4 is 10.5 Å². The molecule has 20 heavy (non-hydrogen) atoms. The summed E-state index contributed by atoms with van der Waals surface area (Å²) >= 11 is 0. The zero-order valence-electron chi connectivity index (χ0n) is 12.4. The Labute approximate surface area is 121 Å². The highest BCUT2D eigenvalue weighted by Crippen LogP contribution is 2.12. The first kappa shape index (κ1) is 16.5. The van der Waals surface area contributed by atoms with Crippen molar-refractivity contribution in [3.05, 3.63) is 29.8 Å². The molecule has 0 aliphatic heterocycles. The number of methoxy groups -OCH3 is 1. The van der Waals surface area contributed by atoms with E-state index in [1.165, 1.54) is 0 Å². The predicted octanol–water partition coefficient (Wildman–Crippen LogP) is 1.34. The Bertz CT molecular complexity index is 438. The third-order valence-corrected chi connectivity index (χ3v) is 2.80. The summed E-state index contributed by atoms with van der Waals surface area (Å²) in [7, 11) is 3.81. The fraction of sp³-hybridized carbons (Fsp3) is 0.500. The van der Waals surface area contributed by atoms with E-state index in [4.69, 9.17) is 15.2 Å². The molecule has 0 heterocycles. The Morgan fingerprint density at radius 3 is 2.85 bits per heavy atom. The number of ether oxygens (including phenoxy) is 2. The number of nitrogens with two attached hydrogens (primary N) is 1. The molecule has 1 aromatic rings. The zero-order chi connectivity index (χ0) is 14.6. The van der Waals surface area contributed by atoms with E-state index in [2.05, 4.69) is 23.8 Å². The number of rotatable bonds is 8. The maximum absolute atomic E-state index is 5.73. The molecule has 0 saturated heterocycles. The lowest BCUT2D eigenvalue weighted by Crippen LogP contribution is -2.26. The molecule has 4 nitrogen and oxygen atoms in total. The molecule has 0 fully saturated rings. The summed E-state index contributed by atoms with van der Waals surface area (Å²) in [4.78, 5) is 2.23. The summed E-state index contributed by atoms with van der Waals surface area (Å²) in [5.74, 6) is 6.68. The van der Waals surface area contributed by atoms with Gasteiger partial charge in [0.05, 0.1) is 6.54 Å². The largest absolute Gasteiger partial charge is 0.492 e. The van der Waals surface area contributed by atoms with E-state index in [9.17, 15) is 0 Å². The second kappa shape index (κ2) is 10.3. The summed E-state index contributed by atoms with van der Waals surface area (Å²) in [6.45, 7) is 3.74. The maximum atomic E-state index is 5.73. The quantitative estimate of drug-likeness (QED) is 0.575. The zero-order valence-corrected chi connectivity index (χ0v) is 12.4. The highest BCUT2D eigenvalue weighted by Gasteiger charge is 1.99. The first-order valence-electron chi connectivity index (χ1n) is 6.85. The fourth-order valence-electron chi connectivity index (χ4n) is 1.73. The van der Waals surface area contributed by atoms with Crippen molar-refractivity contribution in [2.45, 2.75) is 6.42 Å². The molecule has 0 aliphatic rings. The van der Waals surface area contributed by atoms with E-state index in [1.807, 2.05) is 24.3 Å². The molecule has 0 spiro atoms. The van der Waals surface area contributed by atoms with Crippen LogP contribution in [0.25, 0.3) is 0 Å². The Morgan fingerprint density at radius 2 is 2.10 bits per heavy atom. The second-order valence-electron chi connectivity index (χ2n) is 4.53. The normalized spacial score (nSPS) is 10.2. The van der Waals surface area contributed by atoms with E-state index >= 15 is 0 Å². The SMILES string of the molecule is COCCCN(C)CCOc1cccc(C#CCN)c1. The van der Waals surface area contributed by atoms with Crippen LogP contribution in [0.1, 0.15) is 12.0 Å². The fourth-order valence-corrected chi connectivity index (χ4v) is 1.73. The monoisotopic (exact) mass is 276 g/mol. The minimum absolute atomic E-state index is 0.372. The standard InChI is InChI=1S/C16H24N2O2/c1-18(10-5-12-19-2)11-13-20-16-8-3-6-15(14-16)7-4-9-17/h3,6,8,14H,5,9-13,17H2,1-2H3. The van der Waals surface area contributed by atoms with Crippen LogP contribution in [0.2, 0.25) is 0 Å². The van der Waals surface area contributed by atoms with Gasteiger partial charge in [0, 0.05) is 32.4 Å². The molecule has 110 valence electrons. The molecule has 0 aromatic heterocycles. The third-order valence-electron chi connectivity index (χ3n) is 2.80. The van der Waals surface area contributed by atoms with E-state index < -0.39 is 0 Å². The van der Waals surface area contributed by atoms with Gasteiger partial charge in [-0.05, 0) is 31.7 Å². The molecule has 2 N–H and O–H groups in total. The Hall–Kier alpha value is -1.54. The Morgan fingerprint density at radius 1 is 1.25 bits per heavy atom. The molecule has 0 aliphatic carbocycles. The van der Waals surface area contributed by atoms with Crippen LogP contribution in [0, 0.1) is 11.8 Å². The van der Waals surface area contributed by atoms with Gasteiger partial charge in [-0.2, -0.15) is 0 Å². The van der Waals surface area contributed by atoms with Crippen LogP contribution in [0.5, 0.6) is 5.75 Å². The minimum atomic E-state index is 0.372. The Kier molecular flexibility index (Phi) is 8.48. The summed E-state index contributed by atoms with van der Waals surface area (Å²) in [5, 5.41) is 0. The van der Waals surface area contributed by atoms with Gasteiger partial charge in [0.25, 0.3) is 0 Å². The van der Waals surface area contributed by atoms with Crippen LogP contribution in [-0.4, -0.2) is 51.9 Å². The van der Waals surface area contributed by atoms with Crippen LogP contribution in [-0.2, 0) is 4.74 Å². The van der Waals surface area contributed by atoms with E-state index in [0.717, 1.165) is 37.4 Å². The molecule has 1 aromatic carbocycles. The number of hydrogen-bond acceptors (Lipinski definition) is 4. The molecular formula is C16H24N2O2. The van der Waals surface area contributed by atoms with E-state index in [-0.39, 0.29) is 0 Å².